The molecular weight excluding hydrogens is 182 g/mol. The maximum absolute atomic E-state index is 10.6. The minimum Gasteiger partial charge on any atom is -0.459 e. The van der Waals surface area contributed by atoms with E-state index < -0.39 is 0 Å². The third-order valence-corrected chi connectivity index (χ3v) is 1.58. The molecule has 0 fully saturated rings. The van der Waals surface area contributed by atoms with E-state index in [0.29, 0.717) is 6.61 Å². The lowest BCUT2D eigenvalue weighted by molar-refractivity contribution is -0.142. The van der Waals surface area contributed by atoms with E-state index in [-0.39, 0.29) is 12.6 Å². The van der Waals surface area contributed by atoms with Crippen LogP contribution < -0.4 is 0 Å². The lowest BCUT2D eigenvalue weighted by Crippen LogP contribution is -2.02. The first kappa shape index (κ1) is 10.7. The molecule has 4 nitrogen and oxygen atoms in total. The number of esters is 1. The molecule has 0 aromatic carbocycles. The van der Waals surface area contributed by atoms with E-state index in [0.717, 1.165) is 11.4 Å². The summed E-state index contributed by atoms with van der Waals surface area (Å²) in [5, 5.41) is 0. The van der Waals surface area contributed by atoms with Gasteiger partial charge in [-0.1, -0.05) is 6.07 Å². The van der Waals surface area contributed by atoms with Crippen molar-refractivity contribution in [2.24, 2.45) is 0 Å². The van der Waals surface area contributed by atoms with Gasteiger partial charge in [-0.2, -0.15) is 0 Å². The Hall–Kier alpha value is -1.42. The highest BCUT2D eigenvalue weighted by molar-refractivity contribution is 5.65. The average Bonchev–Trinajstić information content (AvgIpc) is 2.16. The molecule has 0 atom stereocenters. The summed E-state index contributed by atoms with van der Waals surface area (Å²) in [7, 11) is 1.61. The van der Waals surface area contributed by atoms with Crippen molar-refractivity contribution in [2.45, 2.75) is 20.1 Å². The van der Waals surface area contributed by atoms with Gasteiger partial charge in [-0.15, -0.1) is 0 Å². The van der Waals surface area contributed by atoms with Gasteiger partial charge < -0.3 is 9.47 Å². The first-order valence-corrected chi connectivity index (χ1v) is 4.29. The summed E-state index contributed by atoms with van der Waals surface area (Å²) in [5.74, 6) is -0.302. The first-order chi connectivity index (χ1) is 6.72. The van der Waals surface area contributed by atoms with Crippen molar-refractivity contribution in [3.05, 3.63) is 29.6 Å². The molecule has 1 aromatic heterocycles. The molecule has 0 radical (unpaired) electrons. The van der Waals surface area contributed by atoms with Gasteiger partial charge in [0.25, 0.3) is 0 Å². The molecule has 0 saturated heterocycles. The fourth-order valence-corrected chi connectivity index (χ4v) is 1.01. The van der Waals surface area contributed by atoms with Crippen molar-refractivity contribution in [2.75, 3.05) is 7.11 Å². The van der Waals surface area contributed by atoms with Crippen molar-refractivity contribution in [1.29, 1.82) is 0 Å². The van der Waals surface area contributed by atoms with Crippen LogP contribution in [0.25, 0.3) is 0 Å². The van der Waals surface area contributed by atoms with Crippen LogP contribution in [0, 0.1) is 0 Å². The minimum atomic E-state index is -0.302. The Labute approximate surface area is 82.9 Å². The second-order valence-electron chi connectivity index (χ2n) is 2.83. The Balaban J connectivity index is 2.58. The number of pyridine rings is 1. The predicted octanol–water partition coefficient (Wildman–Crippen LogP) is 1.29. The van der Waals surface area contributed by atoms with Crippen LogP contribution in [0.15, 0.2) is 18.2 Å². The number of ether oxygens (including phenoxy) is 2. The van der Waals surface area contributed by atoms with Crippen molar-refractivity contribution in [3.63, 3.8) is 0 Å². The van der Waals surface area contributed by atoms with E-state index >= 15 is 0 Å². The molecule has 0 aliphatic rings. The van der Waals surface area contributed by atoms with Crippen LogP contribution in [0.3, 0.4) is 0 Å². The molecule has 0 amide bonds. The summed E-state index contributed by atoms with van der Waals surface area (Å²) in [6, 6.07) is 5.53. The molecule has 1 heterocycles. The zero-order valence-electron chi connectivity index (χ0n) is 8.32. The van der Waals surface area contributed by atoms with E-state index in [1.807, 2.05) is 18.2 Å². The molecule has 1 rings (SSSR count). The van der Waals surface area contributed by atoms with Gasteiger partial charge in [0.1, 0.15) is 6.61 Å². The molecule has 0 spiro atoms. The highest BCUT2D eigenvalue weighted by atomic mass is 16.5. The van der Waals surface area contributed by atoms with Gasteiger partial charge >= 0.3 is 5.97 Å². The number of rotatable bonds is 4. The Kier molecular flexibility index (Phi) is 4.07. The largest absolute Gasteiger partial charge is 0.459 e. The van der Waals surface area contributed by atoms with Crippen LogP contribution in [-0.2, 0) is 27.5 Å². The summed E-state index contributed by atoms with van der Waals surface area (Å²) in [6.45, 7) is 2.06. The number of aromatic nitrogens is 1. The van der Waals surface area contributed by atoms with Gasteiger partial charge in [0.2, 0.25) is 0 Å². The summed E-state index contributed by atoms with van der Waals surface area (Å²) in [5.41, 5.74) is 1.56. The summed E-state index contributed by atoms with van der Waals surface area (Å²) in [6.07, 6.45) is 0. The maximum Gasteiger partial charge on any atom is 0.303 e. The Bertz CT molecular complexity index is 312. The van der Waals surface area contributed by atoms with E-state index in [4.69, 9.17) is 9.47 Å². The minimum absolute atomic E-state index is 0.215. The monoisotopic (exact) mass is 195 g/mol. The normalized spacial score (nSPS) is 9.86. The molecule has 0 saturated carbocycles. The van der Waals surface area contributed by atoms with E-state index in [1.165, 1.54) is 6.92 Å². The topological polar surface area (TPSA) is 48.4 Å². The second kappa shape index (κ2) is 5.34. The molecule has 0 aliphatic carbocycles. The highest BCUT2D eigenvalue weighted by Crippen LogP contribution is 2.02. The van der Waals surface area contributed by atoms with Gasteiger partial charge in [-0.05, 0) is 12.1 Å². The maximum atomic E-state index is 10.6. The third-order valence-electron chi connectivity index (χ3n) is 1.58. The second-order valence-corrected chi connectivity index (χ2v) is 2.83. The smallest absolute Gasteiger partial charge is 0.303 e. The number of methoxy groups -OCH3 is 1. The van der Waals surface area contributed by atoms with Crippen molar-refractivity contribution < 1.29 is 14.3 Å². The Morgan fingerprint density at radius 2 is 2.00 bits per heavy atom. The number of nitrogens with zero attached hydrogens (tertiary/aromatic N) is 1. The summed E-state index contributed by atoms with van der Waals surface area (Å²) >= 11 is 0. The zero-order chi connectivity index (χ0) is 10.4. The lowest BCUT2D eigenvalue weighted by Gasteiger charge is -2.03. The fraction of sp³-hybridized carbons (Fsp3) is 0.400. The molecule has 1 aromatic rings. The van der Waals surface area contributed by atoms with Gasteiger partial charge in [0.05, 0.1) is 18.0 Å². The van der Waals surface area contributed by atoms with Gasteiger partial charge in [0, 0.05) is 14.0 Å². The van der Waals surface area contributed by atoms with Crippen molar-refractivity contribution >= 4 is 5.97 Å². The standard InChI is InChI=1S/C10H13NO3/c1-8(12)14-7-10-5-3-4-9(11-10)6-13-2/h3-5H,6-7H2,1-2H3. The number of hydrogen-bond donors (Lipinski definition) is 0. The van der Waals surface area contributed by atoms with Gasteiger partial charge in [0.15, 0.2) is 0 Å². The fourth-order valence-electron chi connectivity index (χ4n) is 1.01. The highest BCUT2D eigenvalue weighted by Gasteiger charge is 1.99. The summed E-state index contributed by atoms with van der Waals surface area (Å²) in [4.78, 5) is 14.8. The third kappa shape index (κ3) is 3.53. The lowest BCUT2D eigenvalue weighted by atomic mass is 10.3. The number of carbonyl (C=O) groups excluding carboxylic acids is 1. The Morgan fingerprint density at radius 3 is 2.57 bits per heavy atom. The molecule has 0 unspecified atom stereocenters. The number of hydrogen-bond acceptors (Lipinski definition) is 4. The van der Waals surface area contributed by atoms with Crippen molar-refractivity contribution in [3.8, 4) is 0 Å². The van der Waals surface area contributed by atoms with Crippen LogP contribution in [-0.4, -0.2) is 18.1 Å². The first-order valence-electron chi connectivity index (χ1n) is 4.29. The molecule has 4 heteroatoms. The van der Waals surface area contributed by atoms with E-state index in [9.17, 15) is 4.79 Å². The van der Waals surface area contributed by atoms with Crippen LogP contribution in [0.4, 0.5) is 0 Å². The number of carbonyl (C=O) groups is 1. The quantitative estimate of drug-likeness (QED) is 0.679. The van der Waals surface area contributed by atoms with E-state index in [2.05, 4.69) is 4.98 Å². The predicted molar refractivity (Wildman–Crippen MR) is 50.4 cm³/mol. The Morgan fingerprint density at radius 1 is 1.36 bits per heavy atom. The van der Waals surface area contributed by atoms with Crippen LogP contribution in [0.2, 0.25) is 0 Å². The summed E-state index contributed by atoms with van der Waals surface area (Å²) < 4.78 is 9.76. The average molecular weight is 195 g/mol. The molecule has 0 bridgehead atoms. The van der Waals surface area contributed by atoms with Gasteiger partial charge in [-0.3, -0.25) is 9.78 Å². The molecule has 76 valence electrons. The van der Waals surface area contributed by atoms with E-state index in [1.54, 1.807) is 7.11 Å². The van der Waals surface area contributed by atoms with Crippen molar-refractivity contribution in [1.82, 2.24) is 4.98 Å². The SMILES string of the molecule is COCc1cccc(COC(C)=O)n1. The van der Waals surface area contributed by atoms with Gasteiger partial charge in [-0.25, -0.2) is 0 Å². The van der Waals surface area contributed by atoms with Crippen LogP contribution in [0.1, 0.15) is 18.3 Å². The molecule has 0 N–H and O–H groups in total. The molecule has 0 aliphatic heterocycles. The molecule has 14 heavy (non-hydrogen) atoms. The molecular formula is C10H13NO3. The zero-order valence-corrected chi connectivity index (χ0v) is 8.32. The van der Waals surface area contributed by atoms with Crippen LogP contribution in [0.5, 0.6) is 0 Å². The van der Waals surface area contributed by atoms with Crippen LogP contribution >= 0.6 is 0 Å².